The zero-order valence-corrected chi connectivity index (χ0v) is 16.3. The lowest BCUT2D eigenvalue weighted by Crippen LogP contribution is -2.56. The summed E-state index contributed by atoms with van der Waals surface area (Å²) < 4.78 is 0. The van der Waals surface area contributed by atoms with E-state index in [0.717, 1.165) is 19.3 Å². The summed E-state index contributed by atoms with van der Waals surface area (Å²) >= 11 is 1.39. The highest BCUT2D eigenvalue weighted by Gasteiger charge is 2.54. The molecule has 3 amide bonds. The van der Waals surface area contributed by atoms with Crippen LogP contribution in [-0.2, 0) is 9.59 Å². The van der Waals surface area contributed by atoms with Gasteiger partial charge in [-0.15, -0.1) is 11.3 Å². The first-order valence-electron chi connectivity index (χ1n) is 9.95. The number of hydrogen-bond acceptors (Lipinski definition) is 4. The minimum absolute atomic E-state index is 0.000878. The molecule has 3 N–H and O–H groups in total. The maximum atomic E-state index is 12.8. The van der Waals surface area contributed by atoms with Crippen molar-refractivity contribution >= 4 is 29.1 Å². The Hall–Kier alpha value is -1.89. The van der Waals surface area contributed by atoms with E-state index in [1.807, 2.05) is 11.4 Å². The lowest BCUT2D eigenvalue weighted by molar-refractivity contribution is -0.148. The topological polar surface area (TPSA) is 87.3 Å². The molecular weight excluding hydrogens is 362 g/mol. The third-order valence-electron chi connectivity index (χ3n) is 6.45. The quantitative estimate of drug-likeness (QED) is 0.516. The van der Waals surface area contributed by atoms with E-state index >= 15 is 0 Å². The molecule has 4 bridgehead atoms. The van der Waals surface area contributed by atoms with E-state index in [1.165, 1.54) is 30.6 Å². The lowest BCUT2D eigenvalue weighted by Gasteiger charge is -2.55. The summed E-state index contributed by atoms with van der Waals surface area (Å²) in [5.41, 5.74) is 5.01. The van der Waals surface area contributed by atoms with E-state index < -0.39 is 0 Å². The summed E-state index contributed by atoms with van der Waals surface area (Å²) in [5.74, 6) is 1.78. The van der Waals surface area contributed by atoms with Gasteiger partial charge in [0.1, 0.15) is 0 Å². The number of rotatable bonds is 6. The van der Waals surface area contributed by atoms with E-state index in [4.69, 9.17) is 0 Å². The van der Waals surface area contributed by atoms with Gasteiger partial charge in [0.25, 0.3) is 5.91 Å². The number of carbonyl (C=O) groups excluding carboxylic acids is 3. The Labute approximate surface area is 163 Å². The number of carbonyl (C=O) groups is 3. The van der Waals surface area contributed by atoms with Crippen molar-refractivity contribution < 1.29 is 14.4 Å². The standard InChI is InChI=1S/C20H27N3O3S/c24-17(4-1-5-21-18(25)16-3-2-6-27-16)22-23-19(26)20-10-13-7-14(11-20)9-15(8-13)12-20/h2-3,6,13-15H,1,4-5,7-12H2,(H,21,25)(H,22,24)(H,23,26). The number of nitrogens with one attached hydrogen (secondary N) is 3. The summed E-state index contributed by atoms with van der Waals surface area (Å²) in [7, 11) is 0. The average molecular weight is 390 g/mol. The van der Waals surface area contributed by atoms with Gasteiger partial charge in [-0.3, -0.25) is 25.2 Å². The summed E-state index contributed by atoms with van der Waals surface area (Å²) in [5, 5.41) is 4.65. The minimum Gasteiger partial charge on any atom is -0.351 e. The molecule has 0 unspecified atom stereocenters. The molecule has 0 atom stereocenters. The van der Waals surface area contributed by atoms with Gasteiger partial charge in [-0.25, -0.2) is 0 Å². The van der Waals surface area contributed by atoms with Crippen molar-refractivity contribution in [2.24, 2.45) is 23.2 Å². The lowest BCUT2D eigenvalue weighted by atomic mass is 9.49. The van der Waals surface area contributed by atoms with Crippen LogP contribution in [-0.4, -0.2) is 24.3 Å². The van der Waals surface area contributed by atoms with E-state index in [0.29, 0.717) is 35.6 Å². The van der Waals surface area contributed by atoms with Crippen LogP contribution in [0.15, 0.2) is 17.5 Å². The Morgan fingerprint density at radius 1 is 1.04 bits per heavy atom. The van der Waals surface area contributed by atoms with Crippen molar-refractivity contribution in [1.29, 1.82) is 0 Å². The van der Waals surface area contributed by atoms with Crippen LogP contribution in [0.25, 0.3) is 0 Å². The number of thiophene rings is 1. The van der Waals surface area contributed by atoms with Gasteiger partial charge >= 0.3 is 0 Å². The van der Waals surface area contributed by atoms with Crippen molar-refractivity contribution in [2.75, 3.05) is 6.54 Å². The maximum Gasteiger partial charge on any atom is 0.261 e. The second kappa shape index (κ2) is 7.62. The third-order valence-corrected chi connectivity index (χ3v) is 7.32. The molecule has 4 saturated carbocycles. The van der Waals surface area contributed by atoms with Gasteiger partial charge in [0.05, 0.1) is 10.3 Å². The van der Waals surface area contributed by atoms with Crippen LogP contribution in [0, 0.1) is 23.2 Å². The molecule has 6 nitrogen and oxygen atoms in total. The van der Waals surface area contributed by atoms with E-state index in [2.05, 4.69) is 16.2 Å². The van der Waals surface area contributed by atoms with Crippen LogP contribution < -0.4 is 16.2 Å². The highest BCUT2D eigenvalue weighted by Crippen LogP contribution is 2.59. The molecule has 5 rings (SSSR count). The molecule has 1 aromatic heterocycles. The monoisotopic (exact) mass is 389 g/mol. The van der Waals surface area contributed by atoms with Gasteiger partial charge in [0.2, 0.25) is 11.8 Å². The molecule has 4 aliphatic carbocycles. The van der Waals surface area contributed by atoms with Crippen LogP contribution in [0.3, 0.4) is 0 Å². The molecule has 0 spiro atoms. The molecule has 27 heavy (non-hydrogen) atoms. The molecule has 1 heterocycles. The summed E-state index contributed by atoms with van der Waals surface area (Å²) in [6, 6.07) is 3.60. The summed E-state index contributed by atoms with van der Waals surface area (Å²) in [4.78, 5) is 37.3. The number of hydrogen-bond donors (Lipinski definition) is 3. The van der Waals surface area contributed by atoms with Gasteiger partial charge in [0.15, 0.2) is 0 Å². The molecule has 0 radical (unpaired) electrons. The highest BCUT2D eigenvalue weighted by molar-refractivity contribution is 7.12. The van der Waals surface area contributed by atoms with Crippen molar-refractivity contribution in [3.63, 3.8) is 0 Å². The fourth-order valence-electron chi connectivity index (χ4n) is 5.66. The SMILES string of the molecule is O=C(CCCNC(=O)c1cccs1)NNC(=O)C12CC3CC(CC(C3)C1)C2. The molecule has 0 aliphatic heterocycles. The Morgan fingerprint density at radius 2 is 1.70 bits per heavy atom. The molecule has 0 saturated heterocycles. The first-order valence-corrected chi connectivity index (χ1v) is 10.8. The second-order valence-electron chi connectivity index (χ2n) is 8.54. The van der Waals surface area contributed by atoms with E-state index in [1.54, 1.807) is 6.07 Å². The van der Waals surface area contributed by atoms with Crippen LogP contribution in [0.4, 0.5) is 0 Å². The first kappa shape index (κ1) is 18.5. The highest BCUT2D eigenvalue weighted by atomic mass is 32.1. The van der Waals surface area contributed by atoms with Gasteiger partial charge in [0, 0.05) is 13.0 Å². The van der Waals surface area contributed by atoms with Crippen LogP contribution in [0.5, 0.6) is 0 Å². The molecule has 146 valence electrons. The van der Waals surface area contributed by atoms with Crippen LogP contribution in [0.2, 0.25) is 0 Å². The summed E-state index contributed by atoms with van der Waals surface area (Å²) in [6.45, 7) is 0.438. The molecule has 4 aliphatic rings. The van der Waals surface area contributed by atoms with Gasteiger partial charge in [-0.1, -0.05) is 6.07 Å². The van der Waals surface area contributed by atoms with Crippen molar-refractivity contribution in [1.82, 2.24) is 16.2 Å². The summed E-state index contributed by atoms with van der Waals surface area (Å²) in [6.07, 6.45) is 7.62. The van der Waals surface area contributed by atoms with Gasteiger partial charge in [-0.2, -0.15) is 0 Å². The molecule has 4 fully saturated rings. The first-order chi connectivity index (χ1) is 13.0. The fourth-order valence-corrected chi connectivity index (χ4v) is 6.30. The maximum absolute atomic E-state index is 12.8. The zero-order chi connectivity index (χ0) is 18.9. The molecule has 7 heteroatoms. The van der Waals surface area contributed by atoms with E-state index in [9.17, 15) is 14.4 Å². The van der Waals surface area contributed by atoms with Crippen molar-refractivity contribution in [2.45, 2.75) is 51.4 Å². The van der Waals surface area contributed by atoms with Crippen molar-refractivity contribution in [3.05, 3.63) is 22.4 Å². The van der Waals surface area contributed by atoms with Gasteiger partial charge in [-0.05, 0) is 74.1 Å². The van der Waals surface area contributed by atoms with Gasteiger partial charge < -0.3 is 5.32 Å². The smallest absolute Gasteiger partial charge is 0.261 e. The number of amides is 3. The Bertz CT molecular complexity index is 681. The van der Waals surface area contributed by atoms with Crippen LogP contribution >= 0.6 is 11.3 Å². The fraction of sp³-hybridized carbons (Fsp3) is 0.650. The second-order valence-corrected chi connectivity index (χ2v) is 9.48. The average Bonchev–Trinajstić information content (AvgIpc) is 3.16. The van der Waals surface area contributed by atoms with Crippen molar-refractivity contribution in [3.8, 4) is 0 Å². The number of hydrazine groups is 1. The molecule has 0 aromatic carbocycles. The normalized spacial score (nSPS) is 30.7. The van der Waals surface area contributed by atoms with E-state index in [-0.39, 0.29) is 29.6 Å². The largest absolute Gasteiger partial charge is 0.351 e. The Balaban J connectivity index is 1.16. The third kappa shape index (κ3) is 4.03. The molecular formula is C20H27N3O3S. The Kier molecular flexibility index (Phi) is 5.21. The zero-order valence-electron chi connectivity index (χ0n) is 15.5. The minimum atomic E-state index is -0.253. The Morgan fingerprint density at radius 3 is 2.30 bits per heavy atom. The molecule has 1 aromatic rings. The predicted octanol–water partition coefficient (Wildman–Crippen LogP) is 2.62. The predicted molar refractivity (Wildman–Crippen MR) is 103 cm³/mol. The van der Waals surface area contributed by atoms with Crippen LogP contribution in [0.1, 0.15) is 61.0 Å².